The van der Waals surface area contributed by atoms with Gasteiger partial charge in [-0.3, -0.25) is 9.59 Å². The van der Waals surface area contributed by atoms with Crippen molar-refractivity contribution >= 4 is 23.6 Å². The average Bonchev–Trinajstić information content (AvgIpc) is 2.76. The van der Waals surface area contributed by atoms with Gasteiger partial charge in [0.05, 0.1) is 5.75 Å². The molecule has 2 N–H and O–H groups in total. The summed E-state index contributed by atoms with van der Waals surface area (Å²) >= 11 is 1.17. The van der Waals surface area contributed by atoms with E-state index in [-0.39, 0.29) is 17.6 Å². The third-order valence-electron chi connectivity index (χ3n) is 2.61. The third kappa shape index (κ3) is 4.59. The lowest BCUT2D eigenvalue weighted by Crippen LogP contribution is -2.20. The van der Waals surface area contributed by atoms with Crippen LogP contribution in [0.2, 0.25) is 0 Å². The first-order valence-corrected chi connectivity index (χ1v) is 7.04. The van der Waals surface area contributed by atoms with Crippen LogP contribution in [0.4, 0.5) is 0 Å². The van der Waals surface area contributed by atoms with Crippen LogP contribution in [0.15, 0.2) is 11.4 Å². The lowest BCUT2D eigenvalue weighted by molar-refractivity contribution is -0.134. The number of hydrogen-bond acceptors (Lipinski definition) is 4. The van der Waals surface area contributed by atoms with Crippen LogP contribution in [0.3, 0.4) is 0 Å². The second kappa shape index (κ2) is 7.18. The number of carbonyl (C=O) groups excluding carboxylic acids is 1. The summed E-state index contributed by atoms with van der Waals surface area (Å²) in [5.74, 6) is -0.681. The molecule has 1 rings (SSSR count). The first-order valence-electron chi connectivity index (χ1n) is 6.06. The minimum atomic E-state index is -0.878. The lowest BCUT2D eigenvalue weighted by Gasteiger charge is -2.13. The maximum Gasteiger partial charge on any atom is 0.313 e. The number of aromatic nitrogens is 2. The van der Waals surface area contributed by atoms with Gasteiger partial charge in [-0.25, -0.2) is 4.98 Å². The molecule has 0 unspecified atom stereocenters. The number of imidazole rings is 1. The predicted molar refractivity (Wildman–Crippen MR) is 73.4 cm³/mol. The normalized spacial score (nSPS) is 10.7. The number of nitrogens with one attached hydrogen (secondary N) is 1. The second-order valence-electron chi connectivity index (χ2n) is 4.38. The van der Waals surface area contributed by atoms with Gasteiger partial charge in [0.15, 0.2) is 5.16 Å². The highest BCUT2D eigenvalue weighted by Gasteiger charge is 2.15. The molecule has 0 saturated carbocycles. The van der Waals surface area contributed by atoms with Gasteiger partial charge in [0.25, 0.3) is 0 Å². The van der Waals surface area contributed by atoms with E-state index in [2.05, 4.69) is 10.3 Å². The summed E-state index contributed by atoms with van der Waals surface area (Å²) in [6, 6.07) is 0. The maximum absolute atomic E-state index is 11.3. The molecule has 1 amide bonds. The number of aliphatic carboxylic acids is 1. The van der Waals surface area contributed by atoms with Crippen LogP contribution >= 0.6 is 11.8 Å². The van der Waals surface area contributed by atoms with Gasteiger partial charge >= 0.3 is 5.97 Å². The third-order valence-corrected chi connectivity index (χ3v) is 3.58. The SMILES string of the molecule is CNC(=O)CCn1c(C(C)C)cnc1SCC(=O)O. The molecule has 0 spiro atoms. The molecule has 1 heterocycles. The fourth-order valence-electron chi connectivity index (χ4n) is 1.64. The molecule has 0 atom stereocenters. The Morgan fingerprint density at radius 1 is 1.53 bits per heavy atom. The maximum atomic E-state index is 11.3. The van der Waals surface area contributed by atoms with Crippen LogP contribution in [0, 0.1) is 0 Å². The Morgan fingerprint density at radius 2 is 2.21 bits per heavy atom. The number of nitrogens with zero attached hydrogens (tertiary/aromatic N) is 2. The highest BCUT2D eigenvalue weighted by Crippen LogP contribution is 2.23. The van der Waals surface area contributed by atoms with Crippen LogP contribution in [-0.2, 0) is 16.1 Å². The first kappa shape index (κ1) is 15.6. The van der Waals surface area contributed by atoms with Crippen molar-refractivity contribution in [3.63, 3.8) is 0 Å². The minimum absolute atomic E-state index is 0.0332. The highest BCUT2D eigenvalue weighted by molar-refractivity contribution is 7.99. The Bertz CT molecular complexity index is 457. The second-order valence-corrected chi connectivity index (χ2v) is 5.32. The molecule has 19 heavy (non-hydrogen) atoms. The number of carbonyl (C=O) groups is 2. The van der Waals surface area contributed by atoms with Crippen molar-refractivity contribution in [1.82, 2.24) is 14.9 Å². The number of amides is 1. The largest absolute Gasteiger partial charge is 0.481 e. The number of rotatable bonds is 7. The monoisotopic (exact) mass is 285 g/mol. The van der Waals surface area contributed by atoms with Crippen LogP contribution in [0.5, 0.6) is 0 Å². The molecule has 0 bridgehead atoms. The van der Waals surface area contributed by atoms with E-state index in [1.165, 1.54) is 11.8 Å². The first-order chi connectivity index (χ1) is 8.95. The van der Waals surface area contributed by atoms with Crippen molar-refractivity contribution in [2.24, 2.45) is 0 Å². The zero-order chi connectivity index (χ0) is 14.4. The molecule has 0 aliphatic rings. The van der Waals surface area contributed by atoms with E-state index in [4.69, 9.17) is 5.11 Å². The van der Waals surface area contributed by atoms with E-state index in [1.807, 2.05) is 18.4 Å². The van der Waals surface area contributed by atoms with Crippen LogP contribution < -0.4 is 5.32 Å². The molecule has 7 heteroatoms. The van der Waals surface area contributed by atoms with E-state index < -0.39 is 5.97 Å². The zero-order valence-electron chi connectivity index (χ0n) is 11.3. The number of carboxylic acid groups (broad SMARTS) is 1. The molecule has 0 radical (unpaired) electrons. The quantitative estimate of drug-likeness (QED) is 0.738. The van der Waals surface area contributed by atoms with Gasteiger partial charge in [0, 0.05) is 31.9 Å². The topological polar surface area (TPSA) is 84.2 Å². The molecule has 1 aromatic rings. The van der Waals surface area contributed by atoms with E-state index in [0.717, 1.165) is 5.69 Å². The van der Waals surface area contributed by atoms with Crippen molar-refractivity contribution in [1.29, 1.82) is 0 Å². The van der Waals surface area contributed by atoms with Gasteiger partial charge in [-0.1, -0.05) is 25.6 Å². The Morgan fingerprint density at radius 3 is 2.74 bits per heavy atom. The van der Waals surface area contributed by atoms with Crippen molar-refractivity contribution in [3.05, 3.63) is 11.9 Å². The van der Waals surface area contributed by atoms with E-state index in [0.29, 0.717) is 18.1 Å². The van der Waals surface area contributed by atoms with Crippen LogP contribution in [0.25, 0.3) is 0 Å². The summed E-state index contributed by atoms with van der Waals surface area (Å²) in [4.78, 5) is 26.2. The van der Waals surface area contributed by atoms with E-state index >= 15 is 0 Å². The van der Waals surface area contributed by atoms with Gasteiger partial charge in [-0.15, -0.1) is 0 Å². The molecule has 0 saturated heterocycles. The summed E-state index contributed by atoms with van der Waals surface area (Å²) in [7, 11) is 1.60. The van der Waals surface area contributed by atoms with Crippen molar-refractivity contribution in [3.8, 4) is 0 Å². The minimum Gasteiger partial charge on any atom is -0.481 e. The van der Waals surface area contributed by atoms with Crippen LogP contribution in [-0.4, -0.2) is 39.3 Å². The van der Waals surface area contributed by atoms with Gasteiger partial charge in [-0.2, -0.15) is 0 Å². The van der Waals surface area contributed by atoms with Crippen molar-refractivity contribution < 1.29 is 14.7 Å². The molecule has 106 valence electrons. The molecular formula is C12H19N3O3S. The summed E-state index contributed by atoms with van der Waals surface area (Å²) in [6.45, 7) is 4.59. The number of carboxylic acids is 1. The van der Waals surface area contributed by atoms with E-state index in [9.17, 15) is 9.59 Å². The van der Waals surface area contributed by atoms with Gasteiger partial charge < -0.3 is 15.0 Å². The van der Waals surface area contributed by atoms with Crippen molar-refractivity contribution in [2.45, 2.75) is 37.9 Å². The highest BCUT2D eigenvalue weighted by atomic mass is 32.2. The zero-order valence-corrected chi connectivity index (χ0v) is 12.2. The Balaban J connectivity index is 2.85. The molecule has 0 aliphatic heterocycles. The lowest BCUT2D eigenvalue weighted by atomic mass is 10.1. The average molecular weight is 285 g/mol. The smallest absolute Gasteiger partial charge is 0.313 e. The van der Waals surface area contributed by atoms with Gasteiger partial charge in [-0.05, 0) is 5.92 Å². The fraction of sp³-hybridized carbons (Fsp3) is 0.583. The predicted octanol–water partition coefficient (Wildman–Crippen LogP) is 1.32. The standard InChI is InChI=1S/C12H19N3O3S/c1-8(2)9-6-14-12(19-7-11(17)18)15(9)5-4-10(16)13-3/h6,8H,4-5,7H2,1-3H3,(H,13,16)(H,17,18). The molecule has 0 fully saturated rings. The van der Waals surface area contributed by atoms with Gasteiger partial charge in [0.1, 0.15) is 0 Å². The summed E-state index contributed by atoms with van der Waals surface area (Å²) in [6.07, 6.45) is 2.10. The molecule has 6 nitrogen and oxygen atoms in total. The number of thioether (sulfide) groups is 1. The fourth-order valence-corrected chi connectivity index (χ4v) is 2.37. The van der Waals surface area contributed by atoms with Gasteiger partial charge in [0.2, 0.25) is 5.91 Å². The molecular weight excluding hydrogens is 266 g/mol. The Labute approximate surface area is 116 Å². The summed E-state index contributed by atoms with van der Waals surface area (Å²) in [5.41, 5.74) is 1.01. The number of hydrogen-bond donors (Lipinski definition) is 2. The molecule has 0 aliphatic carbocycles. The Kier molecular flexibility index (Phi) is 5.88. The van der Waals surface area contributed by atoms with Crippen LogP contribution in [0.1, 0.15) is 31.9 Å². The van der Waals surface area contributed by atoms with E-state index in [1.54, 1.807) is 13.2 Å². The summed E-state index contributed by atoms with van der Waals surface area (Å²) in [5, 5.41) is 11.9. The Hall–Kier alpha value is -1.50. The molecule has 1 aromatic heterocycles. The van der Waals surface area contributed by atoms with Crippen molar-refractivity contribution in [2.75, 3.05) is 12.8 Å². The summed E-state index contributed by atoms with van der Waals surface area (Å²) < 4.78 is 1.92. The molecule has 0 aromatic carbocycles.